The van der Waals surface area contributed by atoms with Crippen LogP contribution in [0.3, 0.4) is 0 Å². The van der Waals surface area contributed by atoms with Crippen LogP contribution < -0.4 is 5.32 Å². The highest BCUT2D eigenvalue weighted by Gasteiger charge is 2.32. The summed E-state index contributed by atoms with van der Waals surface area (Å²) in [5.74, 6) is -1.69. The van der Waals surface area contributed by atoms with Gasteiger partial charge in [0, 0.05) is 19.2 Å². The molecular weight excluding hydrogens is 394 g/mol. The van der Waals surface area contributed by atoms with Crippen molar-refractivity contribution in [3.05, 3.63) is 29.3 Å². The quantitative estimate of drug-likeness (QED) is 0.396. The standard InChI is InChI=1S/C17H20F6N2O3/c1-3-25(10-16(18,19)20)5-4-6-28-15(27)12-7-13(17(21,22)23)9-14(8-12)24-11(2)26/h7-9H,3-6,10H2,1-2H3,(H,24,26). The molecule has 0 aromatic heterocycles. The number of nitrogens with zero attached hydrogens (tertiary/aromatic N) is 1. The molecule has 0 fully saturated rings. The number of hydrogen-bond donors (Lipinski definition) is 1. The number of rotatable bonds is 8. The molecule has 0 heterocycles. The maximum Gasteiger partial charge on any atom is 0.416 e. The van der Waals surface area contributed by atoms with E-state index in [1.54, 1.807) is 6.92 Å². The Hall–Kier alpha value is -2.30. The van der Waals surface area contributed by atoms with Crippen molar-refractivity contribution >= 4 is 17.6 Å². The number of alkyl halides is 6. The van der Waals surface area contributed by atoms with Crippen molar-refractivity contribution in [2.24, 2.45) is 0 Å². The SMILES string of the molecule is CCN(CCCOC(=O)c1cc(NC(C)=O)cc(C(F)(F)F)c1)CC(F)(F)F. The van der Waals surface area contributed by atoms with Crippen LogP contribution in [-0.2, 0) is 15.7 Å². The number of nitrogens with one attached hydrogen (secondary N) is 1. The third-order valence-corrected chi connectivity index (χ3v) is 3.52. The summed E-state index contributed by atoms with van der Waals surface area (Å²) in [4.78, 5) is 24.2. The third kappa shape index (κ3) is 8.59. The molecular formula is C17H20F6N2O3. The summed E-state index contributed by atoms with van der Waals surface area (Å²) in [6.07, 6.45) is -9.03. The Morgan fingerprint density at radius 1 is 1.11 bits per heavy atom. The van der Waals surface area contributed by atoms with E-state index in [-0.39, 0.29) is 31.8 Å². The van der Waals surface area contributed by atoms with E-state index < -0.39 is 41.9 Å². The van der Waals surface area contributed by atoms with Gasteiger partial charge in [-0.2, -0.15) is 26.3 Å². The van der Waals surface area contributed by atoms with Crippen molar-refractivity contribution in [2.75, 3.05) is 31.6 Å². The molecule has 5 nitrogen and oxygen atoms in total. The average Bonchev–Trinajstić information content (AvgIpc) is 2.54. The van der Waals surface area contributed by atoms with Gasteiger partial charge >= 0.3 is 18.3 Å². The van der Waals surface area contributed by atoms with Gasteiger partial charge in [0.2, 0.25) is 5.91 Å². The first-order valence-corrected chi connectivity index (χ1v) is 8.28. The van der Waals surface area contributed by atoms with Gasteiger partial charge in [0.25, 0.3) is 0 Å². The summed E-state index contributed by atoms with van der Waals surface area (Å²) in [5, 5.41) is 2.16. The molecule has 0 unspecified atom stereocenters. The van der Waals surface area contributed by atoms with Crippen molar-refractivity contribution in [3.8, 4) is 0 Å². The first-order valence-electron chi connectivity index (χ1n) is 8.28. The Bertz CT molecular complexity index is 688. The van der Waals surface area contributed by atoms with Gasteiger partial charge < -0.3 is 10.1 Å². The van der Waals surface area contributed by atoms with E-state index in [0.717, 1.165) is 17.9 Å². The molecule has 0 saturated heterocycles. The van der Waals surface area contributed by atoms with Crippen molar-refractivity contribution < 1.29 is 40.7 Å². The van der Waals surface area contributed by atoms with Gasteiger partial charge in [0.15, 0.2) is 0 Å². The molecule has 0 saturated carbocycles. The lowest BCUT2D eigenvalue weighted by atomic mass is 10.1. The smallest absolute Gasteiger partial charge is 0.416 e. The summed E-state index contributed by atoms with van der Waals surface area (Å²) < 4.78 is 80.8. The average molecular weight is 414 g/mol. The van der Waals surface area contributed by atoms with E-state index in [1.807, 2.05) is 0 Å². The Morgan fingerprint density at radius 2 is 1.75 bits per heavy atom. The fraction of sp³-hybridized carbons (Fsp3) is 0.529. The van der Waals surface area contributed by atoms with Crippen LogP contribution in [0.15, 0.2) is 18.2 Å². The number of hydrogen-bond acceptors (Lipinski definition) is 4. The minimum atomic E-state index is -4.75. The van der Waals surface area contributed by atoms with Crippen LogP contribution in [0, 0.1) is 0 Å². The second-order valence-electron chi connectivity index (χ2n) is 5.95. The normalized spacial score (nSPS) is 12.2. The zero-order chi connectivity index (χ0) is 21.5. The Kier molecular flexibility index (Phi) is 8.28. The summed E-state index contributed by atoms with van der Waals surface area (Å²) in [5.41, 5.74) is -1.80. The molecule has 0 aliphatic heterocycles. The van der Waals surface area contributed by atoms with Crippen LogP contribution in [0.25, 0.3) is 0 Å². The lowest BCUT2D eigenvalue weighted by molar-refractivity contribution is -0.145. The van der Waals surface area contributed by atoms with Crippen molar-refractivity contribution in [3.63, 3.8) is 0 Å². The fourth-order valence-electron chi connectivity index (χ4n) is 2.32. The number of carbonyl (C=O) groups is 2. The monoisotopic (exact) mass is 414 g/mol. The predicted molar refractivity (Wildman–Crippen MR) is 88.8 cm³/mol. The Morgan fingerprint density at radius 3 is 2.25 bits per heavy atom. The van der Waals surface area contributed by atoms with E-state index in [2.05, 4.69) is 5.32 Å². The van der Waals surface area contributed by atoms with Gasteiger partial charge in [0.05, 0.1) is 24.3 Å². The fourth-order valence-corrected chi connectivity index (χ4v) is 2.32. The zero-order valence-electron chi connectivity index (χ0n) is 15.2. The minimum absolute atomic E-state index is 0.00300. The summed E-state index contributed by atoms with van der Waals surface area (Å²) >= 11 is 0. The first kappa shape index (κ1) is 23.7. The van der Waals surface area contributed by atoms with Crippen LogP contribution >= 0.6 is 0 Å². The molecule has 0 radical (unpaired) electrons. The van der Waals surface area contributed by atoms with Gasteiger partial charge in [-0.05, 0) is 31.2 Å². The number of anilines is 1. The molecule has 11 heteroatoms. The topological polar surface area (TPSA) is 58.6 Å². The third-order valence-electron chi connectivity index (χ3n) is 3.52. The van der Waals surface area contributed by atoms with Crippen molar-refractivity contribution in [1.82, 2.24) is 4.90 Å². The Labute approximate surface area is 157 Å². The van der Waals surface area contributed by atoms with Gasteiger partial charge in [-0.25, -0.2) is 4.79 Å². The van der Waals surface area contributed by atoms with Crippen LogP contribution in [0.1, 0.15) is 36.2 Å². The largest absolute Gasteiger partial charge is 0.462 e. The van der Waals surface area contributed by atoms with E-state index >= 15 is 0 Å². The maximum absolute atomic E-state index is 13.0. The van der Waals surface area contributed by atoms with Crippen molar-refractivity contribution in [2.45, 2.75) is 32.6 Å². The summed E-state index contributed by atoms with van der Waals surface area (Å²) in [6, 6.07) is 2.28. The molecule has 0 atom stereocenters. The van der Waals surface area contributed by atoms with Crippen LogP contribution in [0.4, 0.5) is 32.0 Å². The van der Waals surface area contributed by atoms with Crippen LogP contribution in [-0.4, -0.2) is 49.2 Å². The molecule has 0 bridgehead atoms. The van der Waals surface area contributed by atoms with Gasteiger partial charge in [-0.1, -0.05) is 6.92 Å². The lowest BCUT2D eigenvalue weighted by Crippen LogP contribution is -2.35. The molecule has 0 aliphatic carbocycles. The summed E-state index contributed by atoms with van der Waals surface area (Å²) in [7, 11) is 0. The molecule has 158 valence electrons. The molecule has 1 aromatic carbocycles. The molecule has 1 amide bonds. The number of ether oxygens (including phenoxy) is 1. The number of esters is 1. The maximum atomic E-state index is 13.0. The molecule has 0 aliphatic rings. The van der Waals surface area contributed by atoms with E-state index in [0.29, 0.717) is 12.1 Å². The molecule has 28 heavy (non-hydrogen) atoms. The van der Waals surface area contributed by atoms with Gasteiger partial charge in [-0.3, -0.25) is 9.69 Å². The highest BCUT2D eigenvalue weighted by molar-refractivity contribution is 5.94. The van der Waals surface area contributed by atoms with Crippen molar-refractivity contribution in [1.29, 1.82) is 0 Å². The molecule has 1 rings (SSSR count). The minimum Gasteiger partial charge on any atom is -0.462 e. The molecule has 1 N–H and O–H groups in total. The second kappa shape index (κ2) is 9.76. The van der Waals surface area contributed by atoms with Crippen LogP contribution in [0.5, 0.6) is 0 Å². The summed E-state index contributed by atoms with van der Waals surface area (Å²) in [6.45, 7) is 1.41. The number of halogens is 6. The highest BCUT2D eigenvalue weighted by Crippen LogP contribution is 2.32. The highest BCUT2D eigenvalue weighted by atomic mass is 19.4. The number of carbonyl (C=O) groups excluding carboxylic acids is 2. The second-order valence-corrected chi connectivity index (χ2v) is 5.95. The van der Waals surface area contributed by atoms with Crippen LogP contribution in [0.2, 0.25) is 0 Å². The lowest BCUT2D eigenvalue weighted by Gasteiger charge is -2.21. The van der Waals surface area contributed by atoms with Gasteiger partial charge in [-0.15, -0.1) is 0 Å². The zero-order valence-corrected chi connectivity index (χ0v) is 15.2. The van der Waals surface area contributed by atoms with Gasteiger partial charge in [0.1, 0.15) is 0 Å². The molecule has 1 aromatic rings. The first-order chi connectivity index (χ1) is 12.8. The van der Waals surface area contributed by atoms with E-state index in [9.17, 15) is 35.9 Å². The number of amides is 1. The predicted octanol–water partition coefficient (Wildman–Crippen LogP) is 4.09. The van der Waals surface area contributed by atoms with E-state index in [4.69, 9.17) is 4.74 Å². The number of benzene rings is 1. The molecule has 0 spiro atoms. The Balaban J connectivity index is 2.74. The van der Waals surface area contributed by atoms with E-state index in [1.165, 1.54) is 0 Å².